The van der Waals surface area contributed by atoms with Gasteiger partial charge in [-0.25, -0.2) is 0 Å². The molecular formula is C5H7N3O. The second-order valence-electron chi connectivity index (χ2n) is 1.71. The highest BCUT2D eigenvalue weighted by atomic mass is 16.1. The summed E-state index contributed by atoms with van der Waals surface area (Å²) in [6.07, 6.45) is 1.37. The summed E-state index contributed by atoms with van der Waals surface area (Å²) in [5.41, 5.74) is 10.3. The topological polar surface area (TPSA) is 84.9 Å². The molecule has 0 radical (unpaired) electrons. The minimum absolute atomic E-state index is 0.184. The first-order valence-corrected chi connectivity index (χ1v) is 2.44. The fourth-order valence-electron chi connectivity index (χ4n) is 0.498. The van der Waals surface area contributed by atoms with Crippen LogP contribution in [0.25, 0.3) is 0 Å². The maximum absolute atomic E-state index is 10.6. The molecule has 4 heteroatoms. The van der Waals surface area contributed by atoms with Gasteiger partial charge in [-0.1, -0.05) is 0 Å². The van der Waals surface area contributed by atoms with Crippen LogP contribution in [-0.4, -0.2) is 4.98 Å². The average molecular weight is 125 g/mol. The molecule has 5 N–H and O–H groups in total. The predicted molar refractivity (Wildman–Crippen MR) is 35.9 cm³/mol. The molecule has 0 aromatic carbocycles. The second-order valence-corrected chi connectivity index (χ2v) is 1.71. The first-order valence-electron chi connectivity index (χ1n) is 2.44. The van der Waals surface area contributed by atoms with Crippen molar-refractivity contribution in [3.8, 4) is 0 Å². The Kier molecular flexibility index (Phi) is 1.14. The van der Waals surface area contributed by atoms with Crippen LogP contribution in [0.3, 0.4) is 0 Å². The third-order valence-electron chi connectivity index (χ3n) is 0.965. The molecule has 4 nitrogen and oxygen atoms in total. The van der Waals surface area contributed by atoms with Gasteiger partial charge in [0, 0.05) is 12.3 Å². The van der Waals surface area contributed by atoms with E-state index in [-0.39, 0.29) is 11.1 Å². The number of nitrogens with two attached hydrogens (primary N) is 2. The number of aromatic nitrogens is 1. The quantitative estimate of drug-likeness (QED) is 0.438. The van der Waals surface area contributed by atoms with Gasteiger partial charge in [-0.3, -0.25) is 4.79 Å². The van der Waals surface area contributed by atoms with Crippen molar-refractivity contribution in [3.05, 3.63) is 22.5 Å². The fourth-order valence-corrected chi connectivity index (χ4v) is 0.498. The van der Waals surface area contributed by atoms with Crippen LogP contribution in [-0.2, 0) is 0 Å². The van der Waals surface area contributed by atoms with Crippen molar-refractivity contribution in [2.75, 3.05) is 11.5 Å². The van der Waals surface area contributed by atoms with Crippen LogP contribution in [0, 0.1) is 0 Å². The van der Waals surface area contributed by atoms with Gasteiger partial charge < -0.3 is 16.5 Å². The highest BCUT2D eigenvalue weighted by molar-refractivity contribution is 5.40. The zero-order chi connectivity index (χ0) is 6.85. The fraction of sp³-hybridized carbons (Fsp3) is 0. The number of H-pyrrole nitrogens is 1. The summed E-state index contributed by atoms with van der Waals surface area (Å²) in [4.78, 5) is 13.2. The summed E-state index contributed by atoms with van der Waals surface area (Å²) in [5, 5.41) is 0. The third-order valence-corrected chi connectivity index (χ3v) is 0.965. The number of aromatic amines is 1. The van der Waals surface area contributed by atoms with Gasteiger partial charge in [0.25, 0.3) is 0 Å². The van der Waals surface area contributed by atoms with E-state index in [1.54, 1.807) is 0 Å². The highest BCUT2D eigenvalue weighted by Gasteiger charge is 1.90. The lowest BCUT2D eigenvalue weighted by Crippen LogP contribution is -2.08. The first kappa shape index (κ1) is 5.68. The SMILES string of the molecule is Nc1cc(=O)c(N)c[nH]1. The molecule has 0 aliphatic heterocycles. The molecule has 1 aromatic rings. The van der Waals surface area contributed by atoms with Crippen molar-refractivity contribution in [2.45, 2.75) is 0 Å². The van der Waals surface area contributed by atoms with Crippen molar-refractivity contribution in [1.82, 2.24) is 4.98 Å². The molecular weight excluding hydrogens is 118 g/mol. The van der Waals surface area contributed by atoms with Crippen molar-refractivity contribution in [3.63, 3.8) is 0 Å². The summed E-state index contributed by atoms with van der Waals surface area (Å²) in [5.74, 6) is 0.328. The van der Waals surface area contributed by atoms with Gasteiger partial charge in [0.05, 0.1) is 5.69 Å². The Balaban J connectivity index is 3.34. The Hall–Kier alpha value is -1.45. The van der Waals surface area contributed by atoms with Crippen LogP contribution < -0.4 is 16.9 Å². The summed E-state index contributed by atoms with van der Waals surface area (Å²) in [7, 11) is 0. The number of nitrogen functional groups attached to an aromatic ring is 2. The van der Waals surface area contributed by atoms with Crippen LogP contribution >= 0.6 is 0 Å². The molecule has 9 heavy (non-hydrogen) atoms. The lowest BCUT2D eigenvalue weighted by molar-refractivity contribution is 1.32. The molecule has 1 heterocycles. The molecule has 0 saturated heterocycles. The summed E-state index contributed by atoms with van der Waals surface area (Å²) >= 11 is 0. The number of rotatable bonds is 0. The Morgan fingerprint density at radius 1 is 1.44 bits per heavy atom. The number of anilines is 2. The molecule has 0 saturated carbocycles. The minimum Gasteiger partial charge on any atom is -0.394 e. The van der Waals surface area contributed by atoms with E-state index < -0.39 is 0 Å². The van der Waals surface area contributed by atoms with E-state index in [1.807, 2.05) is 0 Å². The summed E-state index contributed by atoms with van der Waals surface area (Å²) in [6, 6.07) is 1.25. The predicted octanol–water partition coefficient (Wildman–Crippen LogP) is -0.461. The van der Waals surface area contributed by atoms with Gasteiger partial charge in [0.2, 0.25) is 5.43 Å². The van der Waals surface area contributed by atoms with Crippen molar-refractivity contribution < 1.29 is 0 Å². The molecule has 0 amide bonds. The van der Waals surface area contributed by atoms with Gasteiger partial charge in [-0.05, 0) is 0 Å². The van der Waals surface area contributed by atoms with Crippen LogP contribution in [0.2, 0.25) is 0 Å². The van der Waals surface area contributed by atoms with Crippen molar-refractivity contribution in [2.24, 2.45) is 0 Å². The maximum atomic E-state index is 10.6. The van der Waals surface area contributed by atoms with Gasteiger partial charge in [0.15, 0.2) is 0 Å². The van der Waals surface area contributed by atoms with Gasteiger partial charge in [-0.15, -0.1) is 0 Å². The normalized spacial score (nSPS) is 9.33. The van der Waals surface area contributed by atoms with Gasteiger partial charge in [-0.2, -0.15) is 0 Å². The number of nitrogens with one attached hydrogen (secondary N) is 1. The summed E-state index contributed by atoms with van der Waals surface area (Å²) < 4.78 is 0. The van der Waals surface area contributed by atoms with E-state index in [0.29, 0.717) is 5.82 Å². The Morgan fingerprint density at radius 2 is 2.11 bits per heavy atom. The van der Waals surface area contributed by atoms with E-state index in [9.17, 15) is 4.79 Å². The van der Waals surface area contributed by atoms with E-state index in [0.717, 1.165) is 0 Å². The number of hydrogen-bond acceptors (Lipinski definition) is 3. The van der Waals surface area contributed by atoms with Crippen LogP contribution in [0.4, 0.5) is 11.5 Å². The third kappa shape index (κ3) is 1.02. The van der Waals surface area contributed by atoms with E-state index in [2.05, 4.69) is 4.98 Å². The molecule has 1 aromatic heterocycles. The Morgan fingerprint density at radius 3 is 2.56 bits per heavy atom. The lowest BCUT2D eigenvalue weighted by atomic mass is 10.4. The Bertz CT molecular complexity index is 265. The molecule has 0 fully saturated rings. The largest absolute Gasteiger partial charge is 0.394 e. The van der Waals surface area contributed by atoms with Crippen molar-refractivity contribution in [1.29, 1.82) is 0 Å². The number of hydrogen-bond donors (Lipinski definition) is 3. The molecule has 0 aliphatic rings. The van der Waals surface area contributed by atoms with Gasteiger partial charge >= 0.3 is 0 Å². The standard InChI is InChI=1S/C5H7N3O/c6-3-2-8-5(7)1-4(3)9/h1-2H,6H2,(H3,7,8,9). The highest BCUT2D eigenvalue weighted by Crippen LogP contribution is 1.92. The first-order chi connectivity index (χ1) is 4.20. The maximum Gasteiger partial charge on any atom is 0.206 e. The van der Waals surface area contributed by atoms with Crippen LogP contribution in [0.5, 0.6) is 0 Å². The van der Waals surface area contributed by atoms with Crippen LogP contribution in [0.1, 0.15) is 0 Å². The molecule has 0 spiro atoms. The smallest absolute Gasteiger partial charge is 0.206 e. The Labute approximate surface area is 51.5 Å². The van der Waals surface area contributed by atoms with Crippen molar-refractivity contribution >= 4 is 11.5 Å². The van der Waals surface area contributed by atoms with Crippen LogP contribution in [0.15, 0.2) is 17.1 Å². The lowest BCUT2D eigenvalue weighted by Gasteiger charge is -1.91. The molecule has 48 valence electrons. The molecule has 0 aliphatic carbocycles. The minimum atomic E-state index is -0.244. The monoisotopic (exact) mass is 125 g/mol. The second kappa shape index (κ2) is 1.81. The van der Waals surface area contributed by atoms with E-state index >= 15 is 0 Å². The zero-order valence-electron chi connectivity index (χ0n) is 4.72. The average Bonchev–Trinajstić information content (AvgIpc) is 1.80. The molecule has 1 rings (SSSR count). The van der Waals surface area contributed by atoms with Gasteiger partial charge in [0.1, 0.15) is 5.82 Å². The zero-order valence-corrected chi connectivity index (χ0v) is 4.72. The van der Waals surface area contributed by atoms with E-state index in [1.165, 1.54) is 12.3 Å². The van der Waals surface area contributed by atoms with E-state index in [4.69, 9.17) is 11.5 Å². The summed E-state index contributed by atoms with van der Waals surface area (Å²) in [6.45, 7) is 0. The molecule has 0 unspecified atom stereocenters. The number of pyridine rings is 1. The molecule has 0 bridgehead atoms. The molecule has 0 atom stereocenters.